The Hall–Kier alpha value is 0.180. The number of rotatable bonds is 2. The van der Waals surface area contributed by atoms with Crippen LogP contribution in [0.1, 0.15) is 13.3 Å². The van der Waals surface area contributed by atoms with Crippen molar-refractivity contribution >= 4 is 47.8 Å². The van der Waals surface area contributed by atoms with Gasteiger partial charge in [-0.15, -0.1) is 4.74 Å². The predicted molar refractivity (Wildman–Crippen MR) is 62.3 cm³/mol. The van der Waals surface area contributed by atoms with Crippen molar-refractivity contribution in [3.63, 3.8) is 0 Å². The summed E-state index contributed by atoms with van der Waals surface area (Å²) in [4.78, 5) is 22.8. The highest BCUT2D eigenvalue weighted by atomic mass is 80.0. The molecule has 0 fully saturated rings. The zero-order valence-corrected chi connectivity index (χ0v) is 11.9. The summed E-state index contributed by atoms with van der Waals surface area (Å²) in [5, 5.41) is 0. The van der Waals surface area contributed by atoms with Gasteiger partial charge >= 0.3 is 11.4 Å². The van der Waals surface area contributed by atoms with E-state index >= 15 is 0 Å². The van der Waals surface area contributed by atoms with Gasteiger partial charge in [0.15, 0.2) is 0 Å². The monoisotopic (exact) mass is 392 g/mol. The molecule has 0 atom stereocenters. The Morgan fingerprint density at radius 3 is 2.29 bits per heavy atom. The van der Waals surface area contributed by atoms with Gasteiger partial charge in [-0.05, 0) is 54.2 Å². The number of hydrogen-bond acceptors (Lipinski definition) is 3. The Labute approximate surface area is 104 Å². The van der Waals surface area contributed by atoms with Crippen molar-refractivity contribution in [3.05, 3.63) is 21.0 Å². The SMILES string of the molecule is CCCn1c(=O)on(C(Br)(Br)Br)c1=O. The Bertz CT molecular complexity index is 425. The molecule has 80 valence electrons. The molecule has 1 aromatic heterocycles. The molecule has 1 heterocycles. The Kier molecular flexibility index (Phi) is 3.81. The minimum absolute atomic E-state index is 0.344. The maximum absolute atomic E-state index is 11.6. The van der Waals surface area contributed by atoms with Crippen LogP contribution in [-0.2, 0) is 8.81 Å². The smallest absolute Gasteiger partial charge is 0.314 e. The number of halogens is 3. The van der Waals surface area contributed by atoms with Crippen molar-refractivity contribution in [1.29, 1.82) is 0 Å². The summed E-state index contributed by atoms with van der Waals surface area (Å²) in [6.45, 7) is 2.21. The molecular formula is C6H7Br3N2O3. The first-order valence-electron chi connectivity index (χ1n) is 3.78. The van der Waals surface area contributed by atoms with Gasteiger partial charge in [-0.25, -0.2) is 14.2 Å². The van der Waals surface area contributed by atoms with E-state index in [4.69, 9.17) is 4.52 Å². The average molecular weight is 395 g/mol. The van der Waals surface area contributed by atoms with Crippen LogP contribution in [0.4, 0.5) is 0 Å². The predicted octanol–water partition coefficient (Wildman–Crippen LogP) is 1.77. The van der Waals surface area contributed by atoms with Crippen LogP contribution >= 0.6 is 47.8 Å². The molecule has 8 heteroatoms. The van der Waals surface area contributed by atoms with Crippen LogP contribution in [0.25, 0.3) is 0 Å². The van der Waals surface area contributed by atoms with Crippen LogP contribution in [0.5, 0.6) is 0 Å². The van der Waals surface area contributed by atoms with Gasteiger partial charge in [-0.1, -0.05) is 6.92 Å². The molecule has 14 heavy (non-hydrogen) atoms. The van der Waals surface area contributed by atoms with Gasteiger partial charge in [-0.2, -0.15) is 0 Å². The third kappa shape index (κ3) is 2.40. The average Bonchev–Trinajstić information content (AvgIpc) is 2.31. The molecule has 0 saturated carbocycles. The number of nitrogens with zero attached hydrogens (tertiary/aromatic N) is 2. The summed E-state index contributed by atoms with van der Waals surface area (Å²) in [7, 11) is 0. The topological polar surface area (TPSA) is 57.1 Å². The third-order valence-electron chi connectivity index (χ3n) is 1.47. The van der Waals surface area contributed by atoms with Crippen molar-refractivity contribution < 1.29 is 4.52 Å². The van der Waals surface area contributed by atoms with Crippen molar-refractivity contribution in [1.82, 2.24) is 9.31 Å². The minimum atomic E-state index is -1.05. The normalized spacial score (nSPS) is 12.0. The molecule has 5 nitrogen and oxygen atoms in total. The second-order valence-electron chi connectivity index (χ2n) is 2.55. The molecule has 0 aromatic carbocycles. The lowest BCUT2D eigenvalue weighted by atomic mass is 10.5. The van der Waals surface area contributed by atoms with E-state index in [-0.39, 0.29) is 0 Å². The summed E-state index contributed by atoms with van der Waals surface area (Å²) in [5.41, 5.74) is -0.512. The van der Waals surface area contributed by atoms with Crippen LogP contribution in [0, 0.1) is 0 Å². The lowest BCUT2D eigenvalue weighted by Crippen LogP contribution is -2.31. The highest BCUT2D eigenvalue weighted by Gasteiger charge is 2.27. The zero-order chi connectivity index (χ0) is 10.9. The molecule has 0 N–H and O–H groups in total. The summed E-state index contributed by atoms with van der Waals surface area (Å²) in [6.07, 6.45) is 0.689. The lowest BCUT2D eigenvalue weighted by molar-refractivity contribution is 0.263. The maximum Gasteiger partial charge on any atom is 0.442 e. The van der Waals surface area contributed by atoms with E-state index in [2.05, 4.69) is 47.8 Å². The number of hydrogen-bond donors (Lipinski definition) is 0. The van der Waals surface area contributed by atoms with Crippen molar-refractivity contribution in [2.24, 2.45) is 0 Å². The molecule has 0 aliphatic rings. The van der Waals surface area contributed by atoms with Crippen LogP contribution in [0.3, 0.4) is 0 Å². The van der Waals surface area contributed by atoms with Gasteiger partial charge in [0.05, 0.1) is 0 Å². The fraction of sp³-hybridized carbons (Fsp3) is 0.667. The fourth-order valence-electron chi connectivity index (χ4n) is 0.925. The first-order chi connectivity index (χ1) is 6.38. The molecule has 1 rings (SSSR count). The highest BCUT2D eigenvalue weighted by Crippen LogP contribution is 2.37. The largest absolute Gasteiger partial charge is 0.442 e. The maximum atomic E-state index is 11.6. The molecule has 0 spiro atoms. The van der Waals surface area contributed by atoms with E-state index in [0.29, 0.717) is 13.0 Å². The Morgan fingerprint density at radius 1 is 1.36 bits per heavy atom. The van der Waals surface area contributed by atoms with Crippen LogP contribution < -0.4 is 11.4 Å². The quantitative estimate of drug-likeness (QED) is 0.718. The van der Waals surface area contributed by atoms with Crippen molar-refractivity contribution in [2.75, 3.05) is 0 Å². The van der Waals surface area contributed by atoms with Gasteiger partial charge < -0.3 is 4.52 Å². The van der Waals surface area contributed by atoms with Gasteiger partial charge in [-0.3, -0.25) is 0 Å². The van der Waals surface area contributed by atoms with E-state index in [1.807, 2.05) is 6.92 Å². The standard InChI is InChI=1S/C6H7Br3N2O3/c1-2-3-10-4(12)11(6(7,8)9)14-5(10)13/h2-3H2,1H3. The first kappa shape index (κ1) is 12.3. The van der Waals surface area contributed by atoms with E-state index in [9.17, 15) is 9.59 Å². The van der Waals surface area contributed by atoms with Crippen molar-refractivity contribution in [3.8, 4) is 0 Å². The fourth-order valence-corrected chi connectivity index (χ4v) is 1.60. The zero-order valence-electron chi connectivity index (χ0n) is 7.17. The van der Waals surface area contributed by atoms with Gasteiger partial charge in [0.25, 0.3) is 0 Å². The van der Waals surface area contributed by atoms with E-state index < -0.39 is 13.7 Å². The van der Waals surface area contributed by atoms with Crippen molar-refractivity contribution in [2.45, 2.75) is 22.2 Å². The van der Waals surface area contributed by atoms with E-state index in [0.717, 1.165) is 9.31 Å². The second kappa shape index (κ2) is 4.36. The minimum Gasteiger partial charge on any atom is -0.314 e. The molecule has 0 aliphatic carbocycles. The Balaban J connectivity index is 3.32. The molecule has 0 saturated heterocycles. The van der Waals surface area contributed by atoms with Gasteiger partial charge in [0, 0.05) is 6.54 Å². The summed E-state index contributed by atoms with van der Waals surface area (Å²) in [5.74, 6) is -0.667. The van der Waals surface area contributed by atoms with Gasteiger partial charge in [0.2, 0.25) is 2.27 Å². The highest BCUT2D eigenvalue weighted by molar-refractivity contribution is 9.38. The number of aromatic nitrogens is 2. The van der Waals surface area contributed by atoms with Crippen LogP contribution in [0.15, 0.2) is 14.1 Å². The summed E-state index contributed by atoms with van der Waals surface area (Å²) in [6, 6.07) is 0. The molecule has 0 bridgehead atoms. The molecule has 0 aliphatic heterocycles. The lowest BCUT2D eigenvalue weighted by Gasteiger charge is -2.08. The number of alkyl halides is 3. The van der Waals surface area contributed by atoms with Gasteiger partial charge in [0.1, 0.15) is 0 Å². The molecule has 0 radical (unpaired) electrons. The first-order valence-corrected chi connectivity index (χ1v) is 6.16. The molecule has 0 unspecified atom stereocenters. The van der Waals surface area contributed by atoms with Crippen LogP contribution in [0.2, 0.25) is 0 Å². The molecule has 0 amide bonds. The van der Waals surface area contributed by atoms with Crippen LogP contribution in [-0.4, -0.2) is 9.31 Å². The second-order valence-corrected chi connectivity index (χ2v) is 9.19. The van der Waals surface area contributed by atoms with E-state index in [1.54, 1.807) is 0 Å². The third-order valence-corrected chi connectivity index (χ3v) is 2.44. The summed E-state index contributed by atoms with van der Waals surface area (Å²) < 4.78 is 5.57. The summed E-state index contributed by atoms with van der Waals surface area (Å²) >= 11 is 9.26. The van der Waals surface area contributed by atoms with E-state index in [1.165, 1.54) is 0 Å². The molecule has 1 aromatic rings. The Morgan fingerprint density at radius 2 is 1.93 bits per heavy atom. The molecular weight excluding hydrogens is 388 g/mol.